The number of nitrogens with zero attached hydrogens (tertiary/aromatic N) is 2. The van der Waals surface area contributed by atoms with Crippen LogP contribution < -0.4 is 11.1 Å². The summed E-state index contributed by atoms with van der Waals surface area (Å²) in [7, 11) is 0. The maximum atomic E-state index is 11.5. The normalized spacial score (nSPS) is 20.2. The van der Waals surface area contributed by atoms with E-state index in [0.29, 0.717) is 19.1 Å². The summed E-state index contributed by atoms with van der Waals surface area (Å²) in [5, 5.41) is 2.83. The fourth-order valence-corrected chi connectivity index (χ4v) is 2.32. The zero-order valence-electron chi connectivity index (χ0n) is 11.1. The van der Waals surface area contributed by atoms with Crippen molar-refractivity contribution in [2.45, 2.75) is 26.3 Å². The number of nitrogens with two attached hydrogens (primary N) is 1. The maximum absolute atomic E-state index is 11.5. The van der Waals surface area contributed by atoms with Crippen molar-refractivity contribution in [2.75, 3.05) is 45.8 Å². The molecule has 17 heavy (non-hydrogen) atoms. The van der Waals surface area contributed by atoms with Crippen molar-refractivity contribution in [1.29, 1.82) is 0 Å². The van der Waals surface area contributed by atoms with Crippen LogP contribution in [0.5, 0.6) is 0 Å². The smallest absolute Gasteiger partial charge is 0.234 e. The topological polar surface area (TPSA) is 61.6 Å². The van der Waals surface area contributed by atoms with Gasteiger partial charge in [-0.3, -0.25) is 14.6 Å². The van der Waals surface area contributed by atoms with E-state index >= 15 is 0 Å². The van der Waals surface area contributed by atoms with E-state index < -0.39 is 0 Å². The first-order chi connectivity index (χ1) is 8.21. The Labute approximate surface area is 104 Å². The average molecular weight is 242 g/mol. The minimum absolute atomic E-state index is 0.131. The van der Waals surface area contributed by atoms with Gasteiger partial charge in [0.1, 0.15) is 0 Å². The summed E-state index contributed by atoms with van der Waals surface area (Å²) in [5.74, 6) is 0.131. The van der Waals surface area contributed by atoms with E-state index in [-0.39, 0.29) is 5.91 Å². The molecule has 1 aliphatic rings. The number of nitrogens with one attached hydrogen (secondary N) is 1. The molecule has 5 heteroatoms. The van der Waals surface area contributed by atoms with Crippen LogP contribution in [0.15, 0.2) is 0 Å². The zero-order chi connectivity index (χ0) is 12.7. The molecule has 5 nitrogen and oxygen atoms in total. The minimum atomic E-state index is 0.131. The third kappa shape index (κ3) is 4.61. The zero-order valence-corrected chi connectivity index (χ0v) is 11.1. The highest BCUT2D eigenvalue weighted by Gasteiger charge is 2.22. The molecule has 1 amide bonds. The second-order valence-corrected chi connectivity index (χ2v) is 4.56. The van der Waals surface area contributed by atoms with Gasteiger partial charge in [0, 0.05) is 45.3 Å². The van der Waals surface area contributed by atoms with Crippen molar-refractivity contribution in [1.82, 2.24) is 15.1 Å². The molecule has 1 saturated heterocycles. The molecule has 0 radical (unpaired) electrons. The van der Waals surface area contributed by atoms with E-state index in [2.05, 4.69) is 22.0 Å². The first-order valence-electron chi connectivity index (χ1n) is 6.64. The Balaban J connectivity index is 2.28. The molecule has 1 unspecified atom stereocenters. The Kier molecular flexibility index (Phi) is 6.47. The van der Waals surface area contributed by atoms with Crippen molar-refractivity contribution in [3.05, 3.63) is 0 Å². The van der Waals surface area contributed by atoms with E-state index in [1.165, 1.54) is 0 Å². The highest BCUT2D eigenvalue weighted by Crippen LogP contribution is 2.08. The number of piperazine rings is 1. The number of carbonyl (C=O) groups is 1. The minimum Gasteiger partial charge on any atom is -0.355 e. The number of likely N-dealkylation sites (N-methyl/N-ethyl adjacent to an activating group) is 1. The molecule has 100 valence electrons. The van der Waals surface area contributed by atoms with Gasteiger partial charge in [-0.1, -0.05) is 6.92 Å². The first-order valence-corrected chi connectivity index (χ1v) is 6.64. The van der Waals surface area contributed by atoms with Crippen LogP contribution in [0.1, 0.15) is 20.3 Å². The predicted molar refractivity (Wildman–Crippen MR) is 69.8 cm³/mol. The largest absolute Gasteiger partial charge is 0.355 e. The second kappa shape index (κ2) is 7.63. The van der Waals surface area contributed by atoms with E-state index in [9.17, 15) is 4.79 Å². The fraction of sp³-hybridized carbons (Fsp3) is 0.917. The maximum Gasteiger partial charge on any atom is 0.234 e. The Hall–Kier alpha value is -0.650. The summed E-state index contributed by atoms with van der Waals surface area (Å²) < 4.78 is 0. The third-order valence-electron chi connectivity index (χ3n) is 3.41. The molecule has 1 fully saturated rings. The molecule has 0 aromatic carbocycles. The summed E-state index contributed by atoms with van der Waals surface area (Å²) in [4.78, 5) is 16.1. The summed E-state index contributed by atoms with van der Waals surface area (Å²) in [6.07, 6.45) is 1.10. The van der Waals surface area contributed by atoms with Gasteiger partial charge in [0.05, 0.1) is 6.54 Å². The van der Waals surface area contributed by atoms with E-state index in [0.717, 1.165) is 39.1 Å². The van der Waals surface area contributed by atoms with Crippen molar-refractivity contribution >= 4 is 5.91 Å². The molecule has 0 aliphatic carbocycles. The highest BCUT2D eigenvalue weighted by atomic mass is 16.2. The molecule has 1 heterocycles. The molecule has 3 N–H and O–H groups in total. The lowest BCUT2D eigenvalue weighted by Crippen LogP contribution is -2.53. The molecule has 1 aliphatic heterocycles. The molecule has 1 atom stereocenters. The van der Waals surface area contributed by atoms with E-state index in [4.69, 9.17) is 5.73 Å². The van der Waals surface area contributed by atoms with Crippen LogP contribution in [0.4, 0.5) is 0 Å². The Morgan fingerprint density at radius 2 is 1.94 bits per heavy atom. The average Bonchev–Trinajstić information content (AvgIpc) is 2.33. The van der Waals surface area contributed by atoms with Gasteiger partial charge < -0.3 is 11.1 Å². The monoisotopic (exact) mass is 242 g/mol. The summed E-state index contributed by atoms with van der Waals surface area (Å²) in [6.45, 7) is 10.1. The standard InChI is InChI=1S/C12H26N4O/c1-3-11(9-13)16-7-5-15(6-8-16)10-12(17)14-4-2/h11H,3-10,13H2,1-2H3,(H,14,17). The molecule has 0 aromatic rings. The summed E-state index contributed by atoms with van der Waals surface area (Å²) >= 11 is 0. The lowest BCUT2D eigenvalue weighted by Gasteiger charge is -2.38. The number of carbonyl (C=O) groups excluding carboxylic acids is 1. The first kappa shape index (κ1) is 14.4. The van der Waals surface area contributed by atoms with Gasteiger partial charge in [-0.25, -0.2) is 0 Å². The van der Waals surface area contributed by atoms with Crippen LogP contribution in [-0.4, -0.2) is 67.6 Å². The Morgan fingerprint density at radius 3 is 2.41 bits per heavy atom. The van der Waals surface area contributed by atoms with E-state index in [1.54, 1.807) is 0 Å². The third-order valence-corrected chi connectivity index (χ3v) is 3.41. The molecule has 0 saturated carbocycles. The van der Waals surface area contributed by atoms with Gasteiger partial charge >= 0.3 is 0 Å². The number of hydrogen-bond donors (Lipinski definition) is 2. The SMILES string of the molecule is CCNC(=O)CN1CCN(C(CC)CN)CC1. The quantitative estimate of drug-likeness (QED) is 0.658. The van der Waals surface area contributed by atoms with Gasteiger partial charge in [-0.15, -0.1) is 0 Å². The Bertz CT molecular complexity index is 223. The molecular weight excluding hydrogens is 216 g/mol. The molecule has 0 spiro atoms. The van der Waals surface area contributed by atoms with Crippen LogP contribution in [0.25, 0.3) is 0 Å². The van der Waals surface area contributed by atoms with Crippen LogP contribution >= 0.6 is 0 Å². The molecule has 1 rings (SSSR count). The van der Waals surface area contributed by atoms with Crippen LogP contribution in [0, 0.1) is 0 Å². The van der Waals surface area contributed by atoms with Crippen molar-refractivity contribution in [3.63, 3.8) is 0 Å². The van der Waals surface area contributed by atoms with Crippen LogP contribution in [-0.2, 0) is 4.79 Å². The number of hydrogen-bond acceptors (Lipinski definition) is 4. The summed E-state index contributed by atoms with van der Waals surface area (Å²) in [6, 6.07) is 0.501. The van der Waals surface area contributed by atoms with Crippen molar-refractivity contribution < 1.29 is 4.79 Å². The van der Waals surface area contributed by atoms with Gasteiger partial charge in [0.2, 0.25) is 5.91 Å². The van der Waals surface area contributed by atoms with Crippen LogP contribution in [0.3, 0.4) is 0 Å². The molecular formula is C12H26N4O. The number of rotatable bonds is 6. The van der Waals surface area contributed by atoms with Gasteiger partial charge in [0.25, 0.3) is 0 Å². The summed E-state index contributed by atoms with van der Waals surface area (Å²) in [5.41, 5.74) is 5.75. The lowest BCUT2D eigenvalue weighted by atomic mass is 10.1. The lowest BCUT2D eigenvalue weighted by molar-refractivity contribution is -0.122. The van der Waals surface area contributed by atoms with Crippen molar-refractivity contribution in [2.24, 2.45) is 5.73 Å². The van der Waals surface area contributed by atoms with Gasteiger partial charge in [-0.2, -0.15) is 0 Å². The molecule has 0 bridgehead atoms. The van der Waals surface area contributed by atoms with Crippen molar-refractivity contribution in [3.8, 4) is 0 Å². The molecule has 0 aromatic heterocycles. The second-order valence-electron chi connectivity index (χ2n) is 4.56. The van der Waals surface area contributed by atoms with E-state index in [1.807, 2.05) is 6.92 Å². The number of amides is 1. The predicted octanol–water partition coefficient (Wildman–Crippen LogP) is -0.523. The highest BCUT2D eigenvalue weighted by molar-refractivity contribution is 5.77. The van der Waals surface area contributed by atoms with Gasteiger partial charge in [0.15, 0.2) is 0 Å². The van der Waals surface area contributed by atoms with Crippen LogP contribution in [0.2, 0.25) is 0 Å². The van der Waals surface area contributed by atoms with Gasteiger partial charge in [-0.05, 0) is 13.3 Å². The fourth-order valence-electron chi connectivity index (χ4n) is 2.32. The Morgan fingerprint density at radius 1 is 1.29 bits per heavy atom.